The average molecular weight is 388 g/mol. The molecule has 0 atom stereocenters. The summed E-state index contributed by atoms with van der Waals surface area (Å²) in [5.74, 6) is 0.141. The van der Waals surface area contributed by atoms with Gasteiger partial charge < -0.3 is 9.64 Å². The molecule has 0 bridgehead atoms. The number of rotatable bonds is 7. The molecule has 0 unspecified atom stereocenters. The normalized spacial score (nSPS) is 11.1. The van der Waals surface area contributed by atoms with E-state index in [2.05, 4.69) is 19.1 Å². The summed E-state index contributed by atoms with van der Waals surface area (Å²) in [7, 11) is 5.76. The lowest BCUT2D eigenvalue weighted by Crippen LogP contribution is -3.05. The summed E-state index contributed by atoms with van der Waals surface area (Å²) in [6, 6.07) is 11.3. The van der Waals surface area contributed by atoms with Crippen LogP contribution in [0.15, 0.2) is 42.5 Å². The van der Waals surface area contributed by atoms with Gasteiger partial charge in [-0.3, -0.25) is 9.69 Å². The number of thiazole rings is 1. The van der Waals surface area contributed by atoms with E-state index >= 15 is 0 Å². The number of nitrogens with zero attached hydrogens (tertiary/aromatic N) is 2. The number of para-hydroxylation sites is 1. The molecule has 0 saturated heterocycles. The van der Waals surface area contributed by atoms with Crippen LogP contribution < -0.4 is 14.5 Å². The van der Waals surface area contributed by atoms with Crippen LogP contribution in [0.25, 0.3) is 10.2 Å². The number of methoxy groups -OCH3 is 1. The van der Waals surface area contributed by atoms with Crippen LogP contribution in [0.3, 0.4) is 0 Å². The van der Waals surface area contributed by atoms with E-state index in [0.717, 1.165) is 23.2 Å². The van der Waals surface area contributed by atoms with Crippen molar-refractivity contribution in [1.82, 2.24) is 4.98 Å². The Balaban J connectivity index is 1.96. The number of carbonyl (C=O) groups is 1. The van der Waals surface area contributed by atoms with Gasteiger partial charge in [0.05, 0.1) is 32.4 Å². The molecule has 0 fully saturated rings. The Kier molecular flexibility index (Phi) is 6.03. The largest absolute Gasteiger partial charge is 0.494 e. The van der Waals surface area contributed by atoms with Crippen molar-refractivity contribution in [2.45, 2.75) is 6.42 Å². The zero-order chi connectivity index (χ0) is 19.4. The van der Waals surface area contributed by atoms with Gasteiger partial charge in [0.1, 0.15) is 17.1 Å². The molecule has 1 N–H and O–H groups in total. The number of hydrogen-bond donors (Lipinski definition) is 1. The number of carbonyl (C=O) groups excluding carboxylic acids is 1. The van der Waals surface area contributed by atoms with E-state index in [1.807, 2.05) is 18.2 Å². The van der Waals surface area contributed by atoms with Crippen molar-refractivity contribution in [3.8, 4) is 5.75 Å². The lowest BCUT2D eigenvalue weighted by atomic mass is 10.2. The maximum absolute atomic E-state index is 13.2. The van der Waals surface area contributed by atoms with Crippen LogP contribution in [0.1, 0.15) is 16.8 Å². The zero-order valence-electron chi connectivity index (χ0n) is 15.7. The third-order valence-electron chi connectivity index (χ3n) is 4.22. The van der Waals surface area contributed by atoms with Crippen molar-refractivity contribution >= 4 is 32.6 Å². The molecule has 0 aliphatic heterocycles. The fourth-order valence-corrected chi connectivity index (χ4v) is 3.82. The monoisotopic (exact) mass is 388 g/mol. The smallest absolute Gasteiger partial charge is 0.260 e. The van der Waals surface area contributed by atoms with Gasteiger partial charge in [0, 0.05) is 18.5 Å². The first-order chi connectivity index (χ1) is 13.0. The molecule has 0 aliphatic carbocycles. The van der Waals surface area contributed by atoms with Crippen molar-refractivity contribution in [3.63, 3.8) is 0 Å². The minimum absolute atomic E-state index is 0.179. The molecule has 0 spiro atoms. The molecule has 7 heteroatoms. The van der Waals surface area contributed by atoms with Crippen molar-refractivity contribution in [2.24, 2.45) is 0 Å². The van der Waals surface area contributed by atoms with Gasteiger partial charge in [-0.2, -0.15) is 0 Å². The second kappa shape index (κ2) is 8.45. The van der Waals surface area contributed by atoms with Crippen molar-refractivity contribution in [2.75, 3.05) is 39.2 Å². The Bertz CT molecular complexity index is 925. The summed E-state index contributed by atoms with van der Waals surface area (Å²) in [5, 5.41) is 0.623. The van der Waals surface area contributed by atoms with E-state index in [1.165, 1.54) is 40.5 Å². The highest BCUT2D eigenvalue weighted by molar-refractivity contribution is 7.22. The molecule has 5 nitrogen and oxygen atoms in total. The predicted molar refractivity (Wildman–Crippen MR) is 107 cm³/mol. The summed E-state index contributed by atoms with van der Waals surface area (Å²) >= 11 is 1.45. The molecule has 3 aromatic rings. The van der Waals surface area contributed by atoms with Crippen LogP contribution in [0.2, 0.25) is 0 Å². The lowest BCUT2D eigenvalue weighted by molar-refractivity contribution is -0.858. The summed E-state index contributed by atoms with van der Waals surface area (Å²) in [4.78, 5) is 20.8. The summed E-state index contributed by atoms with van der Waals surface area (Å²) in [6.45, 7) is 1.48. The van der Waals surface area contributed by atoms with Gasteiger partial charge >= 0.3 is 0 Å². The molecule has 0 radical (unpaired) electrons. The second-order valence-electron chi connectivity index (χ2n) is 6.58. The highest BCUT2D eigenvalue weighted by atomic mass is 32.1. The Morgan fingerprint density at radius 2 is 1.96 bits per heavy atom. The third-order valence-corrected chi connectivity index (χ3v) is 5.26. The number of fused-ring (bicyclic) bond motifs is 1. The van der Waals surface area contributed by atoms with E-state index < -0.39 is 0 Å². The van der Waals surface area contributed by atoms with E-state index in [9.17, 15) is 9.18 Å². The van der Waals surface area contributed by atoms with E-state index in [4.69, 9.17) is 4.74 Å². The van der Waals surface area contributed by atoms with E-state index in [1.54, 1.807) is 12.0 Å². The molecule has 142 valence electrons. The minimum atomic E-state index is -0.362. The first-order valence-corrected chi connectivity index (χ1v) is 9.61. The Morgan fingerprint density at radius 1 is 1.22 bits per heavy atom. The number of ether oxygens (including phenoxy) is 1. The van der Waals surface area contributed by atoms with Crippen LogP contribution in [0.4, 0.5) is 9.52 Å². The van der Waals surface area contributed by atoms with E-state index in [-0.39, 0.29) is 11.7 Å². The van der Waals surface area contributed by atoms with Gasteiger partial charge in [0.15, 0.2) is 5.13 Å². The van der Waals surface area contributed by atoms with Crippen LogP contribution in [-0.2, 0) is 0 Å². The molecule has 3 rings (SSSR count). The third kappa shape index (κ3) is 4.43. The summed E-state index contributed by atoms with van der Waals surface area (Å²) in [6.07, 6.45) is 0.836. The van der Waals surface area contributed by atoms with Crippen molar-refractivity contribution in [3.05, 3.63) is 53.8 Å². The SMILES string of the molecule is COc1cccc2sc(N(CCC[NH+](C)C)C(=O)c3ccc(F)cc3)nc12. The number of anilines is 1. The van der Waals surface area contributed by atoms with Crippen LogP contribution in [0, 0.1) is 5.82 Å². The van der Waals surface area contributed by atoms with Crippen LogP contribution >= 0.6 is 11.3 Å². The minimum Gasteiger partial charge on any atom is -0.494 e. The fourth-order valence-electron chi connectivity index (χ4n) is 2.81. The van der Waals surface area contributed by atoms with Crippen molar-refractivity contribution in [1.29, 1.82) is 0 Å². The Hall–Kier alpha value is -2.51. The number of amides is 1. The Morgan fingerprint density at radius 3 is 2.63 bits per heavy atom. The second-order valence-corrected chi connectivity index (χ2v) is 7.59. The van der Waals surface area contributed by atoms with Crippen LogP contribution in [-0.4, -0.2) is 45.2 Å². The molecule has 1 heterocycles. The van der Waals surface area contributed by atoms with Crippen molar-refractivity contribution < 1.29 is 18.8 Å². The summed E-state index contributed by atoms with van der Waals surface area (Å²) < 4.78 is 19.6. The summed E-state index contributed by atoms with van der Waals surface area (Å²) in [5.41, 5.74) is 1.19. The number of hydrogen-bond acceptors (Lipinski definition) is 4. The standard InChI is InChI=1S/C20H22FN3O2S/c1-23(2)12-5-13-24(19(25)14-8-10-15(21)11-9-14)20-22-18-16(26-3)6-4-7-17(18)27-20/h4,6-11H,5,12-13H2,1-3H3/p+1. The molecular weight excluding hydrogens is 365 g/mol. The number of halogens is 1. The van der Waals surface area contributed by atoms with Crippen LogP contribution in [0.5, 0.6) is 5.75 Å². The van der Waals surface area contributed by atoms with E-state index in [0.29, 0.717) is 23.0 Å². The average Bonchev–Trinajstić information content (AvgIpc) is 3.09. The quantitative estimate of drug-likeness (QED) is 0.677. The van der Waals surface area contributed by atoms with Gasteiger partial charge in [-0.25, -0.2) is 9.37 Å². The Labute approximate surface area is 162 Å². The predicted octanol–water partition coefficient (Wildman–Crippen LogP) is 2.63. The molecular formula is C20H23FN3O2S+. The number of aromatic nitrogens is 1. The number of benzene rings is 2. The number of nitrogens with one attached hydrogen (secondary N) is 1. The first kappa shape index (κ1) is 19.3. The molecule has 2 aromatic carbocycles. The molecule has 1 aromatic heterocycles. The molecule has 1 amide bonds. The maximum atomic E-state index is 13.2. The molecule has 27 heavy (non-hydrogen) atoms. The van der Waals surface area contributed by atoms with Gasteiger partial charge in [0.2, 0.25) is 0 Å². The highest BCUT2D eigenvalue weighted by Crippen LogP contribution is 2.34. The first-order valence-electron chi connectivity index (χ1n) is 8.79. The highest BCUT2D eigenvalue weighted by Gasteiger charge is 2.22. The van der Waals surface area contributed by atoms with Gasteiger partial charge in [0.25, 0.3) is 5.91 Å². The zero-order valence-corrected chi connectivity index (χ0v) is 16.5. The lowest BCUT2D eigenvalue weighted by Gasteiger charge is -2.20. The fraction of sp³-hybridized carbons (Fsp3) is 0.300. The van der Waals surface area contributed by atoms with Gasteiger partial charge in [-0.1, -0.05) is 17.4 Å². The van der Waals surface area contributed by atoms with Gasteiger partial charge in [-0.15, -0.1) is 0 Å². The maximum Gasteiger partial charge on any atom is 0.260 e. The molecule has 0 saturated carbocycles. The molecule has 0 aliphatic rings. The topological polar surface area (TPSA) is 46.9 Å². The number of quaternary nitrogens is 1. The van der Waals surface area contributed by atoms with Gasteiger partial charge in [-0.05, 0) is 36.4 Å².